The number of hydrogen-bond acceptors (Lipinski definition) is 27. The Labute approximate surface area is 780 Å². The van der Waals surface area contributed by atoms with E-state index < -0.39 is 130 Å². The summed E-state index contributed by atoms with van der Waals surface area (Å²) in [6.07, 6.45) is 6.27. The fourth-order valence-corrected chi connectivity index (χ4v) is 18.5. The number of nitrogens with two attached hydrogens (primary N) is 1. The third kappa shape index (κ3) is 27.6. The zero-order valence-electron chi connectivity index (χ0n) is 74.8. The van der Waals surface area contributed by atoms with Gasteiger partial charge in [0.25, 0.3) is 22.2 Å². The number of thiophene rings is 4. The third-order valence-electron chi connectivity index (χ3n) is 19.0. The molecule has 0 unspecified atom stereocenters. The number of pyridine rings is 1. The van der Waals surface area contributed by atoms with Crippen molar-refractivity contribution >= 4 is 156 Å². The quantitative estimate of drug-likeness (QED) is 0.0186. The second-order valence-corrected chi connectivity index (χ2v) is 35.9. The van der Waals surface area contributed by atoms with Crippen molar-refractivity contribution in [3.63, 3.8) is 0 Å². The number of carbonyl (C=O) groups is 8. The lowest BCUT2D eigenvalue weighted by Crippen LogP contribution is -2.42. The molecule has 13 rings (SSSR count). The van der Waals surface area contributed by atoms with Gasteiger partial charge in [-0.25, -0.2) is 52.1 Å². The Bertz CT molecular complexity index is 6570. The number of carbonyl (C=O) groups excluding carboxylic acids is 7. The fourth-order valence-electron chi connectivity index (χ4n) is 13.2. The molecule has 0 aliphatic heterocycles. The maximum atomic E-state index is 13.4. The SMILES string of the molecule is CCOC(=O)c1sc2[nH]c(=O)n(CC(=O)OC(C)(C)C)c(=O)c2c1C.CCOC(=O)c1sc2c(c1C)c(=O)n(CC(=O)O)c(=O)n2CCc1ccccc1.CCOC(=O)c1sc2c(c1C)c(=O)n(CC(=O)OC(C)(C)C)c(=O)n2CCc1ccccc1.CCOC(=O)c1sc2c(c1C)c(=O)n(CC(N)=O)c(=O)n2CCc1ccccc1.ICCc1ccccc1.c1ccncc1. The molecule has 38 heteroatoms. The highest BCUT2D eigenvalue weighted by atomic mass is 127. The van der Waals surface area contributed by atoms with Crippen LogP contribution in [0.4, 0.5) is 0 Å². The van der Waals surface area contributed by atoms with Crippen LogP contribution in [0.15, 0.2) is 190 Å². The van der Waals surface area contributed by atoms with Crippen molar-refractivity contribution in [3.05, 3.63) is 299 Å². The van der Waals surface area contributed by atoms with Crippen molar-refractivity contribution in [2.45, 2.75) is 180 Å². The van der Waals surface area contributed by atoms with Gasteiger partial charge in [-0.2, -0.15) is 0 Å². The normalized spacial score (nSPS) is 11.0. The molecule has 0 saturated heterocycles. The molecule has 0 atom stereocenters. The van der Waals surface area contributed by atoms with E-state index in [1.165, 1.54) is 30.1 Å². The number of nitrogens with zero attached hydrogens (tertiary/aromatic N) is 8. The first-order valence-electron chi connectivity index (χ1n) is 41.5. The molecule has 131 heavy (non-hydrogen) atoms. The number of alkyl halides is 1. The van der Waals surface area contributed by atoms with Crippen molar-refractivity contribution in [2.75, 3.05) is 30.9 Å². The summed E-state index contributed by atoms with van der Waals surface area (Å²) in [5.74, 6) is -5.69. The molecular formula is C93H103IN10O23S4. The van der Waals surface area contributed by atoms with Crippen LogP contribution in [0, 0.1) is 27.7 Å². The molecule has 0 aliphatic rings. The van der Waals surface area contributed by atoms with Crippen molar-refractivity contribution in [2.24, 2.45) is 5.73 Å². The molecule has 13 aromatic rings. The first-order chi connectivity index (χ1) is 62.2. The van der Waals surface area contributed by atoms with E-state index in [2.05, 4.69) is 62.9 Å². The van der Waals surface area contributed by atoms with E-state index >= 15 is 0 Å². The Morgan fingerprint density at radius 1 is 0.389 bits per heavy atom. The van der Waals surface area contributed by atoms with E-state index in [0.717, 1.165) is 75.7 Å². The number of benzene rings is 4. The van der Waals surface area contributed by atoms with E-state index in [-0.39, 0.29) is 91.9 Å². The lowest BCUT2D eigenvalue weighted by Gasteiger charge is -2.20. The number of amides is 1. The Morgan fingerprint density at radius 2 is 0.672 bits per heavy atom. The number of primary amides is 1. The monoisotopic (exact) mass is 1980 g/mol. The largest absolute Gasteiger partial charge is 0.480 e. The lowest BCUT2D eigenvalue weighted by atomic mass is 10.1. The predicted octanol–water partition coefficient (Wildman–Crippen LogP) is 12.1. The van der Waals surface area contributed by atoms with Crippen LogP contribution in [-0.4, -0.2) is 137 Å². The Morgan fingerprint density at radius 3 is 0.954 bits per heavy atom. The minimum atomic E-state index is -1.29. The number of ether oxygens (including phenoxy) is 6. The molecule has 1 amide bonds. The summed E-state index contributed by atoms with van der Waals surface area (Å²) in [6.45, 7) is 22.7. The predicted molar refractivity (Wildman–Crippen MR) is 513 cm³/mol. The minimum absolute atomic E-state index is 0.173. The highest BCUT2D eigenvalue weighted by Crippen LogP contribution is 2.33. The summed E-state index contributed by atoms with van der Waals surface area (Å²) in [5, 5.41) is 9.97. The van der Waals surface area contributed by atoms with Crippen molar-refractivity contribution in [3.8, 4) is 0 Å². The summed E-state index contributed by atoms with van der Waals surface area (Å²) in [5.41, 5.74) is 4.56. The number of fused-ring (bicyclic) bond motifs is 4. The van der Waals surface area contributed by atoms with Gasteiger partial charge in [0.1, 0.15) is 76.2 Å². The summed E-state index contributed by atoms with van der Waals surface area (Å²) < 4.78 is 39.3. The number of aliphatic carboxylic acids is 1. The van der Waals surface area contributed by atoms with E-state index in [9.17, 15) is 76.7 Å². The Kier molecular flexibility index (Phi) is 38.0. The van der Waals surface area contributed by atoms with Gasteiger partial charge in [-0.3, -0.25) is 66.6 Å². The van der Waals surface area contributed by atoms with Crippen LogP contribution in [0.2, 0.25) is 0 Å². The first kappa shape index (κ1) is 103. The third-order valence-corrected chi connectivity index (χ3v) is 24.6. The van der Waals surface area contributed by atoms with Gasteiger partial charge in [-0.1, -0.05) is 150 Å². The molecule has 694 valence electrons. The van der Waals surface area contributed by atoms with Crippen LogP contribution in [0.5, 0.6) is 0 Å². The second-order valence-electron chi connectivity index (χ2n) is 30.8. The molecule has 0 saturated carbocycles. The van der Waals surface area contributed by atoms with Crippen LogP contribution in [-0.2, 0) is 119 Å². The van der Waals surface area contributed by atoms with E-state index in [1.807, 2.05) is 109 Å². The number of carboxylic acid groups (broad SMARTS) is 1. The van der Waals surface area contributed by atoms with Crippen molar-refractivity contribution in [1.82, 2.24) is 41.9 Å². The second kappa shape index (κ2) is 48.1. The van der Waals surface area contributed by atoms with Crippen LogP contribution in [0.1, 0.15) is 152 Å². The summed E-state index contributed by atoms with van der Waals surface area (Å²) >= 11 is 6.49. The van der Waals surface area contributed by atoms with Crippen LogP contribution >= 0.6 is 67.9 Å². The van der Waals surface area contributed by atoms with Gasteiger partial charge in [0.15, 0.2) is 0 Å². The van der Waals surface area contributed by atoms with E-state index in [4.69, 9.17) is 39.3 Å². The molecule has 9 heterocycles. The Balaban J connectivity index is 0.000000204. The highest BCUT2D eigenvalue weighted by Gasteiger charge is 2.31. The number of nitrogens with one attached hydrogen (secondary N) is 1. The topological polar surface area (TPSA) is 438 Å². The number of carboxylic acids is 1. The smallest absolute Gasteiger partial charge is 0.348 e. The van der Waals surface area contributed by atoms with Gasteiger partial charge in [0.05, 0.1) is 48.0 Å². The van der Waals surface area contributed by atoms with Crippen LogP contribution in [0.25, 0.3) is 40.9 Å². The zero-order valence-corrected chi connectivity index (χ0v) is 80.3. The first-order valence-corrected chi connectivity index (χ1v) is 46.3. The van der Waals surface area contributed by atoms with Gasteiger partial charge < -0.3 is 39.3 Å². The van der Waals surface area contributed by atoms with E-state index in [0.29, 0.717) is 60.6 Å². The number of hydrogen-bond donors (Lipinski definition) is 3. The number of aromatic amines is 1. The van der Waals surface area contributed by atoms with E-state index in [1.54, 1.807) is 109 Å². The summed E-state index contributed by atoms with van der Waals surface area (Å²) in [4.78, 5) is 208. The maximum Gasteiger partial charge on any atom is 0.348 e. The summed E-state index contributed by atoms with van der Waals surface area (Å²) in [6, 6.07) is 44.9. The average molecular weight is 1980 g/mol. The zero-order chi connectivity index (χ0) is 96.3. The van der Waals surface area contributed by atoms with Gasteiger partial charge in [0, 0.05) is 36.5 Å². The number of aromatic nitrogens is 9. The molecular weight excluding hydrogens is 1880 g/mol. The molecule has 0 aliphatic carbocycles. The molecule has 33 nitrogen and oxygen atoms in total. The molecule has 0 spiro atoms. The van der Waals surface area contributed by atoms with Crippen LogP contribution in [0.3, 0.4) is 0 Å². The average Bonchev–Trinajstić information content (AvgIpc) is 1.63. The van der Waals surface area contributed by atoms with Crippen molar-refractivity contribution < 1.29 is 71.9 Å². The lowest BCUT2D eigenvalue weighted by molar-refractivity contribution is -0.156. The summed E-state index contributed by atoms with van der Waals surface area (Å²) in [7, 11) is 0. The number of H-pyrrole nitrogens is 1. The molecule has 0 bridgehead atoms. The van der Waals surface area contributed by atoms with Crippen LogP contribution < -0.4 is 50.7 Å². The molecule has 0 radical (unpaired) electrons. The van der Waals surface area contributed by atoms with Gasteiger partial charge in [0.2, 0.25) is 5.91 Å². The standard InChI is InChI=1S/C24H28N2O6S.C20H21N3O5S.C20H20N2O6S.C16H20N2O6S.C8H9I.C5H5N/c1-6-31-22(29)19-15(2)18-20(28)26(14-17(27)32-24(3,4)5)23(30)25(21(18)33-19)13-12-16-10-8-7-9-11-16;1-3-28-19(26)16-12(2)15-17(25)23(11-14(21)24)20(27)22(18(15)29-16)10-9-13-7-5-4-6-8-13;1-3-28-19(26)16-12(2)15-17(25)22(11-14(23)24)20(27)21(18(15)29-16)10-9-13-7-5-4-6-8-13;1-6-23-14(21)11-8(2)10-12(25-11)17-15(22)18(13(10)20)7-9(19)24-16(3,4)5;9-7-6-8-4-2-1-3-5-8;1-2-4-6-5-3-1/h7-11H,6,12-14H2,1-5H3;4-8H,3,9-11H2,1-2H3,(H2,21,24);4-8H,3,9-11H2,1-2H3,(H,23,24);6-7H2,1-5H3,(H,17,22);1-5H,6-7H2;1-5H. The number of halogens is 1. The molecule has 4 aromatic carbocycles. The molecule has 9 aromatic heterocycles. The Hall–Kier alpha value is -12.9. The minimum Gasteiger partial charge on any atom is -0.480 e. The number of esters is 6. The van der Waals surface area contributed by atoms with Gasteiger partial charge in [-0.15, -0.1) is 45.3 Å². The molecule has 4 N–H and O–H groups in total. The maximum absolute atomic E-state index is 13.4. The number of aryl methyl sites for hydroxylation is 11. The fraction of sp³-hybridized carbons (Fsp3) is 0.344. The molecule has 0 fully saturated rings. The van der Waals surface area contributed by atoms with Crippen molar-refractivity contribution in [1.29, 1.82) is 0 Å². The number of rotatable bonds is 27. The van der Waals surface area contributed by atoms with Gasteiger partial charge in [-0.05, 0) is 179 Å². The van der Waals surface area contributed by atoms with Gasteiger partial charge >= 0.3 is 64.5 Å². The highest BCUT2D eigenvalue weighted by molar-refractivity contribution is 14.1.